The Hall–Kier alpha value is -3.69. The topological polar surface area (TPSA) is 91.2 Å². The van der Waals surface area contributed by atoms with Crippen LogP contribution in [0.1, 0.15) is 12.1 Å². The summed E-state index contributed by atoms with van der Waals surface area (Å²) in [5.41, 5.74) is 1.05. The van der Waals surface area contributed by atoms with E-state index in [-0.39, 0.29) is 5.95 Å². The average Bonchev–Trinajstić information content (AvgIpc) is 2.67. The van der Waals surface area contributed by atoms with Gasteiger partial charge in [-0.3, -0.25) is 0 Å². The van der Waals surface area contributed by atoms with E-state index in [1.165, 1.54) is 0 Å². The Morgan fingerprint density at radius 3 is 2.60 bits per heavy atom. The molecule has 0 radical (unpaired) electrons. The number of hydrogen-bond donors (Lipinski definition) is 2. The summed E-state index contributed by atoms with van der Waals surface area (Å²) in [7, 11) is 0. The smallest absolute Gasteiger partial charge is 0.433 e. The third-order valence-corrected chi connectivity index (χ3v) is 4.74. The molecule has 3 aromatic rings. The number of halogens is 3. The summed E-state index contributed by atoms with van der Waals surface area (Å²) < 4.78 is 38.5. The zero-order chi connectivity index (χ0) is 21.3. The second kappa shape index (κ2) is 7.62. The number of carboxylic acids is 1. The Morgan fingerprint density at radius 1 is 1.13 bits per heavy atom. The van der Waals surface area contributed by atoms with Crippen molar-refractivity contribution in [3.05, 3.63) is 60.6 Å². The molecule has 0 amide bonds. The molecule has 154 valence electrons. The third-order valence-electron chi connectivity index (χ3n) is 4.74. The summed E-state index contributed by atoms with van der Waals surface area (Å²) in [6, 6.07) is 10.8. The minimum absolute atomic E-state index is 0.159. The van der Waals surface area contributed by atoms with Gasteiger partial charge in [0.15, 0.2) is 0 Å². The van der Waals surface area contributed by atoms with Gasteiger partial charge >= 0.3 is 12.1 Å². The second-order valence-electron chi connectivity index (χ2n) is 6.71. The molecule has 1 fully saturated rings. The van der Waals surface area contributed by atoms with E-state index in [0.29, 0.717) is 24.5 Å². The molecule has 1 saturated heterocycles. The van der Waals surface area contributed by atoms with E-state index >= 15 is 0 Å². The SMILES string of the molecule is O=C(O)[C@@H]1CCN1c1ccc(-c2cccc(Nc3nccc(C(F)(F)F)n3)c2)cn1. The maximum Gasteiger partial charge on any atom is 0.433 e. The number of nitrogens with zero attached hydrogens (tertiary/aromatic N) is 4. The van der Waals surface area contributed by atoms with E-state index in [0.717, 1.165) is 23.4 Å². The molecular weight excluding hydrogens is 399 g/mol. The van der Waals surface area contributed by atoms with Gasteiger partial charge in [-0.2, -0.15) is 13.2 Å². The maximum absolute atomic E-state index is 12.8. The van der Waals surface area contributed by atoms with Gasteiger partial charge in [-0.1, -0.05) is 12.1 Å². The number of nitrogens with one attached hydrogen (secondary N) is 1. The molecule has 1 aromatic carbocycles. The zero-order valence-electron chi connectivity index (χ0n) is 15.5. The van der Waals surface area contributed by atoms with E-state index < -0.39 is 23.9 Å². The van der Waals surface area contributed by atoms with Gasteiger partial charge in [-0.15, -0.1) is 0 Å². The number of rotatable bonds is 5. The highest BCUT2D eigenvalue weighted by Crippen LogP contribution is 2.30. The first-order valence-electron chi connectivity index (χ1n) is 9.04. The summed E-state index contributed by atoms with van der Waals surface area (Å²) in [5, 5.41) is 11.9. The fourth-order valence-electron chi connectivity index (χ4n) is 3.13. The van der Waals surface area contributed by atoms with Crippen molar-refractivity contribution in [1.82, 2.24) is 15.0 Å². The second-order valence-corrected chi connectivity index (χ2v) is 6.71. The Labute approximate surface area is 169 Å². The van der Waals surface area contributed by atoms with Crippen molar-refractivity contribution in [1.29, 1.82) is 0 Å². The van der Waals surface area contributed by atoms with E-state index in [4.69, 9.17) is 5.11 Å². The van der Waals surface area contributed by atoms with Crippen molar-refractivity contribution in [3.63, 3.8) is 0 Å². The van der Waals surface area contributed by atoms with Crippen LogP contribution in [0.15, 0.2) is 54.9 Å². The summed E-state index contributed by atoms with van der Waals surface area (Å²) >= 11 is 0. The van der Waals surface area contributed by atoms with Crippen LogP contribution in [0.3, 0.4) is 0 Å². The standard InChI is InChI=1S/C20H16F3N5O2/c21-20(22,23)16-6-8-24-19(27-16)26-14-3-1-2-12(10-14)13-4-5-17(25-11-13)28-9-7-15(28)18(29)30/h1-6,8,10-11,15H,7,9H2,(H,29,30)(H,24,26,27)/t15-/m0/s1. The first-order valence-corrected chi connectivity index (χ1v) is 9.04. The summed E-state index contributed by atoms with van der Waals surface area (Å²) in [4.78, 5) is 24.6. The van der Waals surface area contributed by atoms with Crippen molar-refractivity contribution in [3.8, 4) is 11.1 Å². The van der Waals surface area contributed by atoms with Crippen LogP contribution in [0.25, 0.3) is 11.1 Å². The molecule has 0 aliphatic carbocycles. The Balaban J connectivity index is 1.52. The molecule has 0 bridgehead atoms. The lowest BCUT2D eigenvalue weighted by molar-refractivity contribution is -0.141. The quantitative estimate of drug-likeness (QED) is 0.652. The fraction of sp³-hybridized carbons (Fsp3) is 0.200. The number of pyridine rings is 1. The van der Waals surface area contributed by atoms with Gasteiger partial charge < -0.3 is 15.3 Å². The van der Waals surface area contributed by atoms with Crippen molar-refractivity contribution >= 4 is 23.4 Å². The van der Waals surface area contributed by atoms with Crippen molar-refractivity contribution in [2.75, 3.05) is 16.8 Å². The lowest BCUT2D eigenvalue weighted by atomic mass is 10.0. The minimum atomic E-state index is -4.55. The van der Waals surface area contributed by atoms with Gasteiger partial charge in [0.2, 0.25) is 5.95 Å². The predicted octanol–water partition coefficient (Wildman–Crippen LogP) is 3.96. The van der Waals surface area contributed by atoms with Gasteiger partial charge in [0, 0.05) is 30.2 Å². The lowest BCUT2D eigenvalue weighted by Gasteiger charge is -2.38. The Bertz CT molecular complexity index is 1070. The van der Waals surface area contributed by atoms with Crippen LogP contribution >= 0.6 is 0 Å². The summed E-state index contributed by atoms with van der Waals surface area (Å²) in [6.07, 6.45) is -1.29. The van der Waals surface area contributed by atoms with Crippen LogP contribution in [-0.2, 0) is 11.0 Å². The Morgan fingerprint density at radius 2 is 1.97 bits per heavy atom. The van der Waals surface area contributed by atoms with Crippen molar-refractivity contribution in [2.24, 2.45) is 0 Å². The monoisotopic (exact) mass is 415 g/mol. The number of aliphatic carboxylic acids is 1. The van der Waals surface area contributed by atoms with Crippen LogP contribution in [-0.4, -0.2) is 38.6 Å². The molecule has 1 aliphatic rings. The van der Waals surface area contributed by atoms with Crippen LogP contribution in [0.5, 0.6) is 0 Å². The molecule has 0 unspecified atom stereocenters. The van der Waals surface area contributed by atoms with Crippen LogP contribution in [0, 0.1) is 0 Å². The highest BCUT2D eigenvalue weighted by molar-refractivity contribution is 5.80. The number of anilines is 3. The number of aromatic nitrogens is 3. The molecule has 30 heavy (non-hydrogen) atoms. The van der Waals surface area contributed by atoms with Crippen LogP contribution in [0.2, 0.25) is 0 Å². The van der Waals surface area contributed by atoms with Crippen LogP contribution < -0.4 is 10.2 Å². The molecule has 10 heteroatoms. The number of hydrogen-bond acceptors (Lipinski definition) is 6. The number of carboxylic acid groups (broad SMARTS) is 1. The lowest BCUT2D eigenvalue weighted by Crippen LogP contribution is -2.52. The minimum Gasteiger partial charge on any atom is -0.480 e. The maximum atomic E-state index is 12.8. The van der Waals surface area contributed by atoms with E-state index in [1.807, 2.05) is 12.1 Å². The molecule has 2 N–H and O–H groups in total. The molecule has 1 atom stereocenters. The van der Waals surface area contributed by atoms with Crippen LogP contribution in [0.4, 0.5) is 30.6 Å². The zero-order valence-corrected chi connectivity index (χ0v) is 15.5. The molecule has 7 nitrogen and oxygen atoms in total. The molecule has 1 aliphatic heterocycles. The molecule has 0 spiro atoms. The highest BCUT2D eigenvalue weighted by Gasteiger charge is 2.35. The van der Waals surface area contributed by atoms with E-state index in [9.17, 15) is 18.0 Å². The molecule has 2 aromatic heterocycles. The average molecular weight is 415 g/mol. The summed E-state index contributed by atoms with van der Waals surface area (Å²) in [5.74, 6) is -0.445. The van der Waals surface area contributed by atoms with Gasteiger partial charge in [0.25, 0.3) is 0 Å². The number of alkyl halides is 3. The summed E-state index contributed by atoms with van der Waals surface area (Å²) in [6.45, 7) is 0.639. The van der Waals surface area contributed by atoms with Gasteiger partial charge in [0.1, 0.15) is 17.6 Å². The largest absolute Gasteiger partial charge is 0.480 e. The fourth-order valence-corrected chi connectivity index (χ4v) is 3.13. The molecule has 4 rings (SSSR count). The molecule has 3 heterocycles. The van der Waals surface area contributed by atoms with Crippen molar-refractivity contribution in [2.45, 2.75) is 18.6 Å². The first-order chi connectivity index (χ1) is 14.3. The Kier molecular flexibility index (Phi) is 4.98. The third kappa shape index (κ3) is 4.02. The first kappa shape index (κ1) is 19.6. The molecule has 0 saturated carbocycles. The van der Waals surface area contributed by atoms with E-state index in [1.54, 1.807) is 35.4 Å². The highest BCUT2D eigenvalue weighted by atomic mass is 19.4. The van der Waals surface area contributed by atoms with Gasteiger partial charge in [-0.05, 0) is 42.3 Å². The normalized spacial score (nSPS) is 16.1. The predicted molar refractivity (Wildman–Crippen MR) is 103 cm³/mol. The van der Waals surface area contributed by atoms with E-state index in [2.05, 4.69) is 20.3 Å². The molecular formula is C20H16F3N5O2. The van der Waals surface area contributed by atoms with Gasteiger partial charge in [0.05, 0.1) is 0 Å². The number of benzene rings is 1. The van der Waals surface area contributed by atoms with Gasteiger partial charge in [-0.25, -0.2) is 19.7 Å². The number of carbonyl (C=O) groups is 1. The van der Waals surface area contributed by atoms with Crippen molar-refractivity contribution < 1.29 is 23.1 Å².